The first-order chi connectivity index (χ1) is 11.2. The molecule has 0 aromatic carbocycles. The number of nitrogens with zero attached hydrogens (tertiary/aromatic N) is 3. The molecule has 7 nitrogen and oxygen atoms in total. The van der Waals surface area contributed by atoms with Crippen LogP contribution in [0, 0.1) is 0 Å². The zero-order valence-corrected chi connectivity index (χ0v) is 15.0. The molecule has 2 heterocycles. The predicted octanol–water partition coefficient (Wildman–Crippen LogP) is 2.93. The molecule has 1 fully saturated rings. The number of carbonyl (C=O) groups is 1. The van der Waals surface area contributed by atoms with E-state index in [9.17, 15) is 9.18 Å². The van der Waals surface area contributed by atoms with Crippen LogP contribution in [-0.2, 0) is 4.74 Å². The number of hydrogen-bond acceptors (Lipinski definition) is 6. The number of rotatable bonds is 3. The quantitative estimate of drug-likeness (QED) is 0.808. The van der Waals surface area contributed by atoms with E-state index in [1.54, 1.807) is 27.8 Å². The second kappa shape index (κ2) is 7.38. The first-order valence-electron chi connectivity index (χ1n) is 7.78. The summed E-state index contributed by atoms with van der Waals surface area (Å²) in [5.74, 6) is 0.441. The first kappa shape index (κ1) is 18.5. The Labute approximate surface area is 145 Å². The summed E-state index contributed by atoms with van der Waals surface area (Å²) >= 11 is 5.80. The maximum absolute atomic E-state index is 14.5. The van der Waals surface area contributed by atoms with Gasteiger partial charge in [-0.05, 0) is 38.8 Å². The van der Waals surface area contributed by atoms with Crippen LogP contribution in [0.3, 0.4) is 0 Å². The predicted molar refractivity (Wildman–Crippen MR) is 91.3 cm³/mol. The molecule has 1 aromatic heterocycles. The van der Waals surface area contributed by atoms with E-state index in [0.717, 1.165) is 0 Å². The molecule has 0 bridgehead atoms. The number of likely N-dealkylation sites (tertiary alicyclic amines) is 1. The van der Waals surface area contributed by atoms with Crippen LogP contribution in [0.5, 0.6) is 0 Å². The molecule has 1 saturated heterocycles. The Kier molecular flexibility index (Phi) is 5.69. The summed E-state index contributed by atoms with van der Waals surface area (Å²) in [6.45, 7) is 5.72. The van der Waals surface area contributed by atoms with Gasteiger partial charge in [-0.15, -0.1) is 0 Å². The summed E-state index contributed by atoms with van der Waals surface area (Å²) < 4.78 is 19.8. The molecule has 134 valence electrons. The number of nitrogens with one attached hydrogen (secondary N) is 2. The van der Waals surface area contributed by atoms with E-state index < -0.39 is 23.9 Å². The van der Waals surface area contributed by atoms with Gasteiger partial charge in [0.25, 0.3) is 0 Å². The number of halogens is 2. The van der Waals surface area contributed by atoms with E-state index in [-0.39, 0.29) is 11.8 Å². The third-order valence-electron chi connectivity index (χ3n) is 3.54. The first-order valence-corrected chi connectivity index (χ1v) is 8.16. The lowest BCUT2D eigenvalue weighted by Gasteiger charge is -2.36. The van der Waals surface area contributed by atoms with Crippen LogP contribution in [0.15, 0.2) is 6.20 Å². The Balaban J connectivity index is 1.99. The second-order valence-electron chi connectivity index (χ2n) is 6.63. The van der Waals surface area contributed by atoms with E-state index in [2.05, 4.69) is 20.6 Å². The largest absolute Gasteiger partial charge is 0.444 e. The van der Waals surface area contributed by atoms with Gasteiger partial charge in [0.05, 0.1) is 24.5 Å². The molecule has 1 amide bonds. The van der Waals surface area contributed by atoms with Crippen LogP contribution in [0.2, 0.25) is 5.28 Å². The molecule has 1 aliphatic heterocycles. The highest BCUT2D eigenvalue weighted by Crippen LogP contribution is 2.25. The van der Waals surface area contributed by atoms with Gasteiger partial charge in [-0.25, -0.2) is 14.2 Å². The van der Waals surface area contributed by atoms with Gasteiger partial charge in [-0.3, -0.25) is 0 Å². The molecule has 9 heteroatoms. The summed E-state index contributed by atoms with van der Waals surface area (Å²) in [6, 6.07) is -0.471. The number of alkyl halides is 1. The number of ether oxygens (including phenoxy) is 1. The summed E-state index contributed by atoms with van der Waals surface area (Å²) in [5, 5.41) is 6.06. The van der Waals surface area contributed by atoms with Crippen molar-refractivity contribution in [1.82, 2.24) is 14.9 Å². The summed E-state index contributed by atoms with van der Waals surface area (Å²) in [5.41, 5.74) is 0.0263. The van der Waals surface area contributed by atoms with Crippen molar-refractivity contribution in [2.45, 2.75) is 45.0 Å². The molecule has 2 rings (SSSR count). The van der Waals surface area contributed by atoms with Gasteiger partial charge in [0.1, 0.15) is 11.8 Å². The molecule has 0 radical (unpaired) electrons. The van der Waals surface area contributed by atoms with Gasteiger partial charge in [0.15, 0.2) is 5.82 Å². The molecule has 0 aliphatic carbocycles. The third-order valence-corrected chi connectivity index (χ3v) is 3.73. The fraction of sp³-hybridized carbons (Fsp3) is 0.667. The highest BCUT2D eigenvalue weighted by molar-refractivity contribution is 6.28. The molecule has 1 aliphatic rings. The maximum atomic E-state index is 14.5. The van der Waals surface area contributed by atoms with E-state index in [1.807, 2.05) is 0 Å². The molecular weight excluding hydrogens is 337 g/mol. The number of carbonyl (C=O) groups excluding carboxylic acids is 1. The summed E-state index contributed by atoms with van der Waals surface area (Å²) in [6.07, 6.45) is 0.223. The van der Waals surface area contributed by atoms with Gasteiger partial charge in [0, 0.05) is 13.6 Å². The van der Waals surface area contributed by atoms with Crippen molar-refractivity contribution in [1.29, 1.82) is 0 Å². The van der Waals surface area contributed by atoms with Crippen molar-refractivity contribution in [3.63, 3.8) is 0 Å². The van der Waals surface area contributed by atoms with Gasteiger partial charge in [0.2, 0.25) is 5.28 Å². The minimum atomic E-state index is -1.25. The SMILES string of the molecule is CNc1cnc(Cl)nc1NC1CCN(C(=O)OC(C)(C)C)CC1F. The Morgan fingerprint density at radius 1 is 1.50 bits per heavy atom. The van der Waals surface area contributed by atoms with Gasteiger partial charge < -0.3 is 20.3 Å². The Bertz CT molecular complexity index is 596. The average molecular weight is 360 g/mol. The lowest BCUT2D eigenvalue weighted by Crippen LogP contribution is -2.51. The van der Waals surface area contributed by atoms with Gasteiger partial charge in [-0.2, -0.15) is 4.98 Å². The lowest BCUT2D eigenvalue weighted by atomic mass is 10.0. The monoisotopic (exact) mass is 359 g/mol. The molecule has 2 unspecified atom stereocenters. The van der Waals surface area contributed by atoms with E-state index in [4.69, 9.17) is 16.3 Å². The van der Waals surface area contributed by atoms with Gasteiger partial charge >= 0.3 is 6.09 Å². The second-order valence-corrected chi connectivity index (χ2v) is 6.97. The number of aromatic nitrogens is 2. The standard InChI is InChI=1S/C15H23ClFN5O2/c1-15(2,3)24-14(23)22-6-5-10(9(17)8-22)20-12-11(18-4)7-19-13(16)21-12/h7,9-10,18H,5-6,8H2,1-4H3,(H,19,20,21). The van der Waals surface area contributed by atoms with Gasteiger partial charge in [-0.1, -0.05) is 0 Å². The molecule has 2 N–H and O–H groups in total. The molecule has 1 aromatic rings. The van der Waals surface area contributed by atoms with Crippen molar-refractivity contribution in [2.24, 2.45) is 0 Å². The topological polar surface area (TPSA) is 79.4 Å². The smallest absolute Gasteiger partial charge is 0.410 e. The van der Waals surface area contributed by atoms with Crippen LogP contribution in [0.25, 0.3) is 0 Å². The molecule has 2 atom stereocenters. The fourth-order valence-corrected chi connectivity index (χ4v) is 2.52. The van der Waals surface area contributed by atoms with Crippen LogP contribution in [0.1, 0.15) is 27.2 Å². The van der Waals surface area contributed by atoms with Crippen molar-refractivity contribution >= 4 is 29.2 Å². The Morgan fingerprint density at radius 2 is 2.21 bits per heavy atom. The minimum Gasteiger partial charge on any atom is -0.444 e. The highest BCUT2D eigenvalue weighted by atomic mass is 35.5. The molecule has 0 spiro atoms. The summed E-state index contributed by atoms with van der Waals surface area (Å²) in [7, 11) is 1.72. The van der Waals surface area contributed by atoms with Crippen LogP contribution in [0.4, 0.5) is 20.7 Å². The molecule has 0 saturated carbocycles. The number of anilines is 2. The Morgan fingerprint density at radius 3 is 2.79 bits per heavy atom. The minimum absolute atomic E-state index is 0.0275. The van der Waals surface area contributed by atoms with E-state index in [0.29, 0.717) is 24.5 Å². The Hall–Kier alpha value is -1.83. The lowest BCUT2D eigenvalue weighted by molar-refractivity contribution is 0.0125. The van der Waals surface area contributed by atoms with Crippen molar-refractivity contribution in [3.8, 4) is 0 Å². The van der Waals surface area contributed by atoms with Crippen LogP contribution in [-0.4, -0.2) is 58.9 Å². The third kappa shape index (κ3) is 4.83. The summed E-state index contributed by atoms with van der Waals surface area (Å²) in [4.78, 5) is 21.4. The average Bonchev–Trinajstić information content (AvgIpc) is 2.47. The van der Waals surface area contributed by atoms with Crippen molar-refractivity contribution in [3.05, 3.63) is 11.5 Å². The normalized spacial score (nSPS) is 21.3. The van der Waals surface area contributed by atoms with E-state index in [1.165, 1.54) is 11.1 Å². The van der Waals surface area contributed by atoms with Crippen molar-refractivity contribution < 1.29 is 13.9 Å². The zero-order valence-electron chi connectivity index (χ0n) is 14.3. The number of piperidine rings is 1. The molecule has 24 heavy (non-hydrogen) atoms. The van der Waals surface area contributed by atoms with E-state index >= 15 is 0 Å². The van der Waals surface area contributed by atoms with Crippen LogP contribution < -0.4 is 10.6 Å². The van der Waals surface area contributed by atoms with Crippen molar-refractivity contribution in [2.75, 3.05) is 30.8 Å². The number of hydrogen-bond donors (Lipinski definition) is 2. The maximum Gasteiger partial charge on any atom is 0.410 e. The number of amides is 1. The zero-order chi connectivity index (χ0) is 17.9. The molecular formula is C15H23ClFN5O2. The van der Waals surface area contributed by atoms with Crippen LogP contribution >= 0.6 is 11.6 Å². The fourth-order valence-electron chi connectivity index (χ4n) is 2.39. The highest BCUT2D eigenvalue weighted by Gasteiger charge is 2.34.